The average Bonchev–Trinajstić information content (AvgIpc) is 3.11. The topological polar surface area (TPSA) is 47.7 Å². The Morgan fingerprint density at radius 2 is 2.05 bits per heavy atom. The molecule has 0 amide bonds. The fourth-order valence-electron chi connectivity index (χ4n) is 6.01. The summed E-state index contributed by atoms with van der Waals surface area (Å²) < 4.78 is 24.8. The van der Waals surface area contributed by atoms with Gasteiger partial charge in [-0.25, -0.2) is 0 Å². The second kappa shape index (κ2) is 15.1. The van der Waals surface area contributed by atoms with Gasteiger partial charge in [0.2, 0.25) is 0 Å². The third kappa shape index (κ3) is 8.23. The Kier molecular flexibility index (Phi) is 11.3. The van der Waals surface area contributed by atoms with Gasteiger partial charge in [-0.15, -0.1) is 0 Å². The number of halogens is 1. The van der Waals surface area contributed by atoms with Crippen molar-refractivity contribution in [3.05, 3.63) is 94.0 Å². The molecule has 0 aromatic heterocycles. The Morgan fingerprint density at radius 3 is 2.83 bits per heavy atom. The van der Waals surface area contributed by atoms with E-state index >= 15 is 0 Å². The van der Waals surface area contributed by atoms with E-state index in [-0.39, 0.29) is 12.8 Å². The molecule has 3 aliphatic rings. The molecule has 0 spiro atoms. The third-order valence-corrected chi connectivity index (χ3v) is 7.91. The van der Waals surface area contributed by atoms with Crippen LogP contribution in [0.15, 0.2) is 82.8 Å². The number of alkyl halides is 1. The lowest BCUT2D eigenvalue weighted by Crippen LogP contribution is -2.24. The summed E-state index contributed by atoms with van der Waals surface area (Å²) in [7, 11) is 0. The van der Waals surface area contributed by atoms with E-state index in [9.17, 15) is 4.39 Å². The number of ether oxygens (including phenoxy) is 2. The Balaban J connectivity index is 1.65. The molecule has 0 radical (unpaired) electrons. The molecule has 0 unspecified atom stereocenters. The minimum absolute atomic E-state index is 0.177. The number of allylic oxidation sites excluding steroid dienone is 10. The first-order valence-corrected chi connectivity index (χ1v) is 15.1. The van der Waals surface area contributed by atoms with Crippen LogP contribution in [0, 0.1) is 6.92 Å². The molecule has 216 valence electrons. The molecule has 1 saturated heterocycles. The van der Waals surface area contributed by atoms with Gasteiger partial charge in [-0.1, -0.05) is 42.9 Å². The lowest BCUT2D eigenvalue weighted by Gasteiger charge is -2.18. The van der Waals surface area contributed by atoms with Crippen LogP contribution in [-0.4, -0.2) is 43.9 Å². The lowest BCUT2D eigenvalue weighted by atomic mass is 9.88. The summed E-state index contributed by atoms with van der Waals surface area (Å²) in [6.45, 7) is 9.42. The van der Waals surface area contributed by atoms with E-state index in [2.05, 4.69) is 73.4 Å². The van der Waals surface area contributed by atoms with E-state index in [1.165, 1.54) is 33.4 Å². The number of nitrogens with two attached hydrogens (primary N) is 1. The first-order chi connectivity index (χ1) is 19.5. The maximum Gasteiger partial charge on any atom is 0.119 e. The highest BCUT2D eigenvalue weighted by atomic mass is 19.1. The quantitative estimate of drug-likeness (QED) is 0.304. The molecule has 2 aliphatic carbocycles. The number of nitrogens with zero attached hydrogens (tertiary/aromatic N) is 1. The number of likely N-dealkylation sites (tertiary alicyclic amines) is 1. The maximum atomic E-state index is 12.6. The molecule has 1 atom stereocenters. The minimum Gasteiger partial charge on any atom is -0.494 e. The molecule has 40 heavy (non-hydrogen) atoms. The highest BCUT2D eigenvalue weighted by Crippen LogP contribution is 2.40. The SMILES string of the molecule is CC/C=C(N)\C=C1\CCCC(c2ccc(OCC)cc2C)=C(C2=CC=C(O[C@H]3CCN(CCCF)C3)CC=C2)C1. The summed E-state index contributed by atoms with van der Waals surface area (Å²) in [5.74, 6) is 1.92. The highest BCUT2D eigenvalue weighted by Gasteiger charge is 2.24. The summed E-state index contributed by atoms with van der Waals surface area (Å²) in [5.41, 5.74) is 15.1. The van der Waals surface area contributed by atoms with Crippen LogP contribution in [0.4, 0.5) is 4.39 Å². The van der Waals surface area contributed by atoms with Gasteiger partial charge >= 0.3 is 0 Å². The van der Waals surface area contributed by atoms with Crippen LogP contribution in [0.25, 0.3) is 5.57 Å². The van der Waals surface area contributed by atoms with Gasteiger partial charge in [0.25, 0.3) is 0 Å². The molecule has 1 aliphatic heterocycles. The molecule has 1 heterocycles. The van der Waals surface area contributed by atoms with Gasteiger partial charge in [-0.05, 0) is 111 Å². The van der Waals surface area contributed by atoms with E-state index < -0.39 is 0 Å². The van der Waals surface area contributed by atoms with Gasteiger partial charge in [-0.3, -0.25) is 9.29 Å². The predicted octanol–water partition coefficient (Wildman–Crippen LogP) is 8.12. The van der Waals surface area contributed by atoms with Crippen LogP contribution in [0.1, 0.15) is 76.3 Å². The Hall–Kier alpha value is -3.05. The molecule has 1 fully saturated rings. The van der Waals surface area contributed by atoms with Crippen molar-refractivity contribution in [3.63, 3.8) is 0 Å². The highest BCUT2D eigenvalue weighted by molar-refractivity contribution is 5.77. The van der Waals surface area contributed by atoms with E-state index in [0.717, 1.165) is 81.8 Å². The van der Waals surface area contributed by atoms with Crippen molar-refractivity contribution in [1.29, 1.82) is 0 Å². The second-order valence-corrected chi connectivity index (χ2v) is 11.0. The van der Waals surface area contributed by atoms with Crippen molar-refractivity contribution >= 4 is 5.57 Å². The zero-order valence-electron chi connectivity index (χ0n) is 24.7. The molecule has 4 rings (SSSR count). The summed E-state index contributed by atoms with van der Waals surface area (Å²) in [4.78, 5) is 2.31. The molecule has 5 heteroatoms. The van der Waals surface area contributed by atoms with Gasteiger partial charge < -0.3 is 15.2 Å². The Morgan fingerprint density at radius 1 is 1.18 bits per heavy atom. The summed E-state index contributed by atoms with van der Waals surface area (Å²) in [5, 5.41) is 0. The molecule has 1 aromatic rings. The first kappa shape index (κ1) is 29.9. The van der Waals surface area contributed by atoms with Crippen LogP contribution in [0.5, 0.6) is 5.75 Å². The minimum atomic E-state index is -0.252. The molecular formula is C35H47FN2O2. The third-order valence-electron chi connectivity index (χ3n) is 7.91. The smallest absolute Gasteiger partial charge is 0.119 e. The molecule has 0 saturated carbocycles. The first-order valence-electron chi connectivity index (χ1n) is 15.1. The van der Waals surface area contributed by atoms with Crippen LogP contribution in [-0.2, 0) is 4.74 Å². The second-order valence-electron chi connectivity index (χ2n) is 11.0. The van der Waals surface area contributed by atoms with Crippen LogP contribution < -0.4 is 10.5 Å². The molecule has 2 N–H and O–H groups in total. The van der Waals surface area contributed by atoms with Crippen molar-refractivity contribution in [2.75, 3.05) is 32.9 Å². The van der Waals surface area contributed by atoms with Crippen molar-refractivity contribution in [1.82, 2.24) is 4.90 Å². The van der Waals surface area contributed by atoms with E-state index in [4.69, 9.17) is 15.2 Å². The van der Waals surface area contributed by atoms with Gasteiger partial charge in [0.1, 0.15) is 17.6 Å². The van der Waals surface area contributed by atoms with Crippen molar-refractivity contribution in [3.8, 4) is 5.75 Å². The van der Waals surface area contributed by atoms with E-state index in [0.29, 0.717) is 13.0 Å². The van der Waals surface area contributed by atoms with Crippen molar-refractivity contribution in [2.24, 2.45) is 5.73 Å². The van der Waals surface area contributed by atoms with Gasteiger partial charge in [0.05, 0.1) is 13.3 Å². The summed E-state index contributed by atoms with van der Waals surface area (Å²) in [6, 6.07) is 6.49. The van der Waals surface area contributed by atoms with Crippen molar-refractivity contribution in [2.45, 2.75) is 78.2 Å². The average molecular weight is 547 g/mol. The summed E-state index contributed by atoms with van der Waals surface area (Å²) in [6.07, 6.45) is 20.7. The summed E-state index contributed by atoms with van der Waals surface area (Å²) >= 11 is 0. The zero-order valence-corrected chi connectivity index (χ0v) is 24.7. The predicted molar refractivity (Wildman–Crippen MR) is 165 cm³/mol. The molecular weight excluding hydrogens is 499 g/mol. The fraction of sp³-hybridized carbons (Fsp3) is 0.486. The Bertz CT molecular complexity index is 1200. The van der Waals surface area contributed by atoms with Gasteiger partial charge in [0, 0.05) is 31.8 Å². The number of hydrogen-bond donors (Lipinski definition) is 1. The Labute approximate surface area is 240 Å². The maximum absolute atomic E-state index is 12.6. The van der Waals surface area contributed by atoms with E-state index in [1.807, 2.05) is 6.92 Å². The zero-order chi connectivity index (χ0) is 28.3. The van der Waals surface area contributed by atoms with Crippen LogP contribution >= 0.6 is 0 Å². The number of benzene rings is 1. The van der Waals surface area contributed by atoms with Gasteiger partial charge in [0.15, 0.2) is 0 Å². The molecule has 0 bridgehead atoms. The monoisotopic (exact) mass is 546 g/mol. The molecule has 4 nitrogen and oxygen atoms in total. The number of hydrogen-bond acceptors (Lipinski definition) is 4. The van der Waals surface area contributed by atoms with E-state index in [1.54, 1.807) is 0 Å². The largest absolute Gasteiger partial charge is 0.494 e. The van der Waals surface area contributed by atoms with Gasteiger partial charge in [-0.2, -0.15) is 0 Å². The standard InChI is InChI=1S/C35H47FN2O2/c1-4-9-29(37)23-27-10-6-13-34(33-17-16-31(39-5-2)22-26(33)3)35(24-27)28-11-7-12-30(15-14-28)40-32-18-21-38(25-32)20-8-19-36/h7,9,11,14-17,22-23,32H,4-6,8,10,12-13,18-21,24-25,37H2,1-3H3/b27-23-,29-9+/t32-/m0/s1. The number of rotatable bonds is 11. The lowest BCUT2D eigenvalue weighted by molar-refractivity contribution is 0.117. The van der Waals surface area contributed by atoms with Crippen LogP contribution in [0.2, 0.25) is 0 Å². The van der Waals surface area contributed by atoms with Crippen LogP contribution in [0.3, 0.4) is 0 Å². The normalized spacial score (nSPS) is 21.8. The molecule has 1 aromatic carbocycles. The fourth-order valence-corrected chi connectivity index (χ4v) is 6.01. The number of aryl methyl sites for hydroxylation is 1. The van der Waals surface area contributed by atoms with Crippen molar-refractivity contribution < 1.29 is 13.9 Å².